The molecule has 0 amide bonds. The Morgan fingerprint density at radius 1 is 0.465 bits per heavy atom. The number of para-hydroxylation sites is 1. The van der Waals surface area contributed by atoms with Crippen LogP contribution < -0.4 is 0 Å². The summed E-state index contributed by atoms with van der Waals surface area (Å²) in [5.74, 6) is 0.954. The third-order valence-corrected chi connectivity index (χ3v) is 8.98. The number of thiophene rings is 1. The third-order valence-electron chi connectivity index (χ3n) is 7.92. The second-order valence-electron chi connectivity index (χ2n) is 10.5. The van der Waals surface area contributed by atoms with Gasteiger partial charge in [0.15, 0.2) is 5.58 Å². The summed E-state index contributed by atoms with van der Waals surface area (Å²) in [6.07, 6.45) is 0. The lowest BCUT2D eigenvalue weighted by Crippen LogP contribution is -1.86. The van der Waals surface area contributed by atoms with E-state index in [0.717, 1.165) is 60.1 Å². The van der Waals surface area contributed by atoms with E-state index in [0.29, 0.717) is 11.8 Å². The molecule has 6 heteroatoms. The summed E-state index contributed by atoms with van der Waals surface area (Å²) in [6.45, 7) is 0. The summed E-state index contributed by atoms with van der Waals surface area (Å²) < 4.78 is 13.8. The molecule has 9 rings (SSSR count). The van der Waals surface area contributed by atoms with Crippen LogP contribution in [0.1, 0.15) is 0 Å². The molecule has 0 bridgehead atoms. The van der Waals surface area contributed by atoms with Crippen molar-refractivity contribution in [1.29, 1.82) is 0 Å². The molecule has 9 aromatic rings. The normalized spacial score (nSPS) is 11.7. The number of rotatable bonds is 4. The Labute approximate surface area is 249 Å². The SMILES string of the molecule is c1ccc(-c2ccc(-c3nnc(-c4ccc(-c5nc6sc7ccccc7c6c6c5oc5ccccc56)cc4)o3)cc2)cc1. The minimum absolute atomic E-state index is 0.468. The first-order chi connectivity index (χ1) is 21.3. The van der Waals surface area contributed by atoms with Crippen molar-refractivity contribution in [3.8, 4) is 45.3 Å². The molecular weight excluding hydrogens is 550 g/mol. The van der Waals surface area contributed by atoms with Crippen LogP contribution in [0.5, 0.6) is 0 Å². The molecule has 0 fully saturated rings. The van der Waals surface area contributed by atoms with Crippen molar-refractivity contribution in [2.45, 2.75) is 0 Å². The summed E-state index contributed by atoms with van der Waals surface area (Å²) in [5.41, 5.74) is 7.46. The summed E-state index contributed by atoms with van der Waals surface area (Å²) in [6, 6.07) is 43.2. The zero-order valence-electron chi connectivity index (χ0n) is 22.7. The zero-order chi connectivity index (χ0) is 28.3. The van der Waals surface area contributed by atoms with E-state index in [4.69, 9.17) is 13.8 Å². The van der Waals surface area contributed by atoms with Gasteiger partial charge in [0.05, 0.1) is 0 Å². The monoisotopic (exact) mass is 571 g/mol. The van der Waals surface area contributed by atoms with Crippen molar-refractivity contribution < 1.29 is 8.83 Å². The quantitative estimate of drug-likeness (QED) is 0.210. The first kappa shape index (κ1) is 24.1. The van der Waals surface area contributed by atoms with E-state index in [1.165, 1.54) is 15.6 Å². The van der Waals surface area contributed by atoms with Gasteiger partial charge in [-0.3, -0.25) is 0 Å². The van der Waals surface area contributed by atoms with E-state index in [2.05, 4.69) is 70.9 Å². The number of furan rings is 1. The first-order valence-corrected chi connectivity index (χ1v) is 14.8. The lowest BCUT2D eigenvalue weighted by molar-refractivity contribution is 0.584. The van der Waals surface area contributed by atoms with Gasteiger partial charge >= 0.3 is 0 Å². The van der Waals surface area contributed by atoms with Gasteiger partial charge in [-0.1, -0.05) is 91.0 Å². The van der Waals surface area contributed by atoms with Crippen LogP contribution in [0.25, 0.3) is 87.5 Å². The fourth-order valence-corrected chi connectivity index (χ4v) is 6.91. The number of pyridine rings is 1. The van der Waals surface area contributed by atoms with Crippen LogP contribution in [0.4, 0.5) is 0 Å². The first-order valence-electron chi connectivity index (χ1n) is 14.0. The minimum Gasteiger partial charge on any atom is -0.454 e. The Morgan fingerprint density at radius 3 is 1.79 bits per heavy atom. The highest BCUT2D eigenvalue weighted by Gasteiger charge is 2.21. The van der Waals surface area contributed by atoms with Gasteiger partial charge in [-0.25, -0.2) is 4.98 Å². The maximum absolute atomic E-state index is 6.47. The Balaban J connectivity index is 1.10. The summed E-state index contributed by atoms with van der Waals surface area (Å²) in [7, 11) is 0. The fourth-order valence-electron chi connectivity index (χ4n) is 5.82. The Hall–Kier alpha value is -5.59. The largest absolute Gasteiger partial charge is 0.454 e. The van der Waals surface area contributed by atoms with Crippen molar-refractivity contribution in [2.75, 3.05) is 0 Å². The molecule has 43 heavy (non-hydrogen) atoms. The number of benzene rings is 5. The van der Waals surface area contributed by atoms with Crippen molar-refractivity contribution in [2.24, 2.45) is 0 Å². The predicted octanol–water partition coefficient (Wildman–Crippen LogP) is 10.4. The number of nitrogens with zero attached hydrogens (tertiary/aromatic N) is 3. The molecule has 0 radical (unpaired) electrons. The molecule has 0 N–H and O–H groups in total. The second-order valence-corrected chi connectivity index (χ2v) is 11.5. The van der Waals surface area contributed by atoms with Gasteiger partial charge in [-0.05, 0) is 47.5 Å². The van der Waals surface area contributed by atoms with Crippen LogP contribution in [-0.2, 0) is 0 Å². The van der Waals surface area contributed by atoms with Gasteiger partial charge in [0.1, 0.15) is 16.1 Å². The van der Waals surface area contributed by atoms with Gasteiger partial charge in [0, 0.05) is 42.9 Å². The maximum Gasteiger partial charge on any atom is 0.248 e. The average molecular weight is 572 g/mol. The number of fused-ring (bicyclic) bond motifs is 7. The topological polar surface area (TPSA) is 65.0 Å². The molecule has 0 unspecified atom stereocenters. The van der Waals surface area contributed by atoms with Gasteiger partial charge in [0.25, 0.3) is 0 Å². The molecule has 0 aliphatic rings. The standard InChI is InChI=1S/C37H21N3O2S/c1-2-8-22(9-3-1)23-14-18-25(19-15-23)35-39-40-36(42-35)26-20-16-24(17-21-26)33-34-31(27-10-4-6-12-29(27)41-34)32-28-11-5-7-13-30(28)43-37(32)38-33/h1-21H. The molecule has 5 aromatic carbocycles. The van der Waals surface area contributed by atoms with E-state index in [-0.39, 0.29) is 0 Å². The summed E-state index contributed by atoms with van der Waals surface area (Å²) in [5, 5.41) is 13.2. The van der Waals surface area contributed by atoms with Gasteiger partial charge in [0.2, 0.25) is 11.8 Å². The number of hydrogen-bond acceptors (Lipinski definition) is 6. The highest BCUT2D eigenvalue weighted by atomic mass is 32.1. The predicted molar refractivity (Wildman–Crippen MR) is 174 cm³/mol. The Morgan fingerprint density at radius 2 is 1.05 bits per heavy atom. The van der Waals surface area contributed by atoms with Crippen LogP contribution in [0.15, 0.2) is 136 Å². The smallest absolute Gasteiger partial charge is 0.248 e. The average Bonchev–Trinajstić information content (AvgIpc) is 3.81. The van der Waals surface area contributed by atoms with Gasteiger partial charge < -0.3 is 8.83 Å². The van der Waals surface area contributed by atoms with Crippen molar-refractivity contribution in [3.05, 3.63) is 127 Å². The van der Waals surface area contributed by atoms with Crippen LogP contribution >= 0.6 is 11.3 Å². The lowest BCUT2D eigenvalue weighted by atomic mass is 10.0. The molecule has 0 aliphatic heterocycles. The van der Waals surface area contributed by atoms with Crippen LogP contribution in [0.2, 0.25) is 0 Å². The highest BCUT2D eigenvalue weighted by Crippen LogP contribution is 2.44. The second kappa shape index (κ2) is 9.48. The highest BCUT2D eigenvalue weighted by molar-refractivity contribution is 7.25. The van der Waals surface area contributed by atoms with Crippen molar-refractivity contribution in [1.82, 2.24) is 15.2 Å². The molecule has 0 aliphatic carbocycles. The van der Waals surface area contributed by atoms with E-state index in [9.17, 15) is 0 Å². The van der Waals surface area contributed by atoms with Crippen molar-refractivity contribution >= 4 is 53.6 Å². The summed E-state index contributed by atoms with van der Waals surface area (Å²) >= 11 is 1.71. The number of hydrogen-bond donors (Lipinski definition) is 0. The van der Waals surface area contributed by atoms with Crippen LogP contribution in [0.3, 0.4) is 0 Å². The molecule has 5 nitrogen and oxygen atoms in total. The third kappa shape index (κ3) is 3.88. The fraction of sp³-hybridized carbons (Fsp3) is 0. The van der Waals surface area contributed by atoms with E-state index in [1.807, 2.05) is 66.7 Å². The Bertz CT molecular complexity index is 2440. The zero-order valence-corrected chi connectivity index (χ0v) is 23.5. The van der Waals surface area contributed by atoms with Crippen molar-refractivity contribution in [3.63, 3.8) is 0 Å². The molecule has 0 spiro atoms. The van der Waals surface area contributed by atoms with Gasteiger partial charge in [-0.15, -0.1) is 21.5 Å². The Kier molecular flexibility index (Phi) is 5.30. The van der Waals surface area contributed by atoms with E-state index < -0.39 is 0 Å². The molecular formula is C37H21N3O2S. The van der Waals surface area contributed by atoms with Crippen LogP contribution in [0, 0.1) is 0 Å². The molecule has 4 aromatic heterocycles. The molecule has 0 atom stereocenters. The lowest BCUT2D eigenvalue weighted by Gasteiger charge is -2.05. The molecule has 202 valence electrons. The van der Waals surface area contributed by atoms with Gasteiger partial charge in [-0.2, -0.15) is 0 Å². The molecule has 4 heterocycles. The molecule has 0 saturated heterocycles. The summed E-state index contributed by atoms with van der Waals surface area (Å²) in [4.78, 5) is 6.15. The van der Waals surface area contributed by atoms with E-state index in [1.54, 1.807) is 11.3 Å². The number of aromatic nitrogens is 3. The maximum atomic E-state index is 6.47. The minimum atomic E-state index is 0.468. The van der Waals surface area contributed by atoms with Crippen LogP contribution in [-0.4, -0.2) is 15.2 Å². The molecule has 0 saturated carbocycles. The van der Waals surface area contributed by atoms with E-state index >= 15 is 0 Å².